The smallest absolute Gasteiger partial charge is 0.413 e. The summed E-state index contributed by atoms with van der Waals surface area (Å²) >= 11 is 1.03. The molecular weight excluding hydrogens is 566 g/mol. The van der Waals surface area contributed by atoms with Crippen LogP contribution >= 0.6 is 11.3 Å². The summed E-state index contributed by atoms with van der Waals surface area (Å²) in [5, 5.41) is 14.3. The van der Waals surface area contributed by atoms with E-state index in [4.69, 9.17) is 19.8 Å². The molecule has 1 aromatic carbocycles. The molecule has 42 heavy (non-hydrogen) atoms. The zero-order valence-electron chi connectivity index (χ0n) is 23.4. The van der Waals surface area contributed by atoms with E-state index in [-0.39, 0.29) is 42.0 Å². The number of ether oxygens (including phenoxy) is 2. The Morgan fingerprint density at radius 3 is 2.60 bits per heavy atom. The van der Waals surface area contributed by atoms with Crippen molar-refractivity contribution < 1.29 is 33.5 Å². The molecule has 2 heterocycles. The first-order valence-electron chi connectivity index (χ1n) is 13.3. The maximum absolute atomic E-state index is 13.5. The third kappa shape index (κ3) is 7.62. The lowest BCUT2D eigenvalue weighted by molar-refractivity contribution is -0.187. The number of nitrogens with one attached hydrogen (secondary N) is 2. The Morgan fingerprint density at radius 1 is 1.24 bits per heavy atom. The van der Waals surface area contributed by atoms with E-state index in [0.29, 0.717) is 19.3 Å². The molecule has 1 aliphatic heterocycles. The van der Waals surface area contributed by atoms with Crippen LogP contribution in [-0.2, 0) is 35.3 Å². The summed E-state index contributed by atoms with van der Waals surface area (Å²) in [5.41, 5.74) is 7.17. The van der Waals surface area contributed by atoms with Crippen LogP contribution < -0.4 is 10.6 Å². The van der Waals surface area contributed by atoms with Gasteiger partial charge in [-0.2, -0.15) is 0 Å². The number of oxime groups is 1. The van der Waals surface area contributed by atoms with Crippen molar-refractivity contribution in [1.82, 2.24) is 10.3 Å². The summed E-state index contributed by atoms with van der Waals surface area (Å²) in [5.74, 6) is -2.31. The van der Waals surface area contributed by atoms with Gasteiger partial charge in [-0.05, 0) is 38.3 Å². The molecule has 0 bridgehead atoms. The van der Waals surface area contributed by atoms with Gasteiger partial charge in [0.15, 0.2) is 16.6 Å². The van der Waals surface area contributed by atoms with Gasteiger partial charge in [-0.15, -0.1) is 11.3 Å². The van der Waals surface area contributed by atoms with Gasteiger partial charge in [0.1, 0.15) is 17.9 Å². The number of benzene rings is 1. The Labute approximate surface area is 245 Å². The first-order chi connectivity index (χ1) is 20.0. The van der Waals surface area contributed by atoms with E-state index < -0.39 is 41.0 Å². The van der Waals surface area contributed by atoms with Crippen molar-refractivity contribution in [3.63, 3.8) is 0 Å². The number of aromatic nitrogens is 1. The Bertz CT molecular complexity index is 1410. The molecule has 1 saturated heterocycles. The molecule has 0 spiro atoms. The predicted octanol–water partition coefficient (Wildman–Crippen LogP) is 4.26. The third-order valence-corrected chi connectivity index (χ3v) is 7.33. The average molecular weight is 598 g/mol. The van der Waals surface area contributed by atoms with Gasteiger partial charge in [0.05, 0.1) is 5.92 Å². The Balaban J connectivity index is 1.53. The molecule has 222 valence electrons. The van der Waals surface area contributed by atoms with Crippen LogP contribution in [0.15, 0.2) is 46.0 Å². The predicted molar refractivity (Wildman–Crippen MR) is 151 cm³/mol. The number of β-lactam (4-membered cyclic amide) rings is 1. The highest BCUT2D eigenvalue weighted by Gasteiger charge is 2.50. The molecule has 2 aromatic rings. The minimum absolute atomic E-state index is 0.0137. The fourth-order valence-electron chi connectivity index (χ4n) is 4.20. The molecule has 0 radical (unpaired) electrons. The number of carbonyl (C=O) groups excluding carboxylic acids is 4. The molecule has 4 rings (SSSR count). The zero-order valence-corrected chi connectivity index (χ0v) is 24.2. The maximum Gasteiger partial charge on any atom is 0.413 e. The summed E-state index contributed by atoms with van der Waals surface area (Å²) in [7, 11) is 0. The number of thiazole rings is 1. The quantitative estimate of drug-likeness (QED) is 0.0688. The first-order valence-corrected chi connectivity index (χ1v) is 14.2. The standard InChI is InChI=1S/C27H31N7O7S/c1-26(2,3)40-25(38)32-24-31-19(15-42-24)21(20(35)12-17-18(13-29-34-28)30-22(17)36)33-41-27(10-7-11-27)23(37)39-14-16-8-5-4-6-9-16/h4-6,8-9,15,17-18H,7,10-14H2,1-3H3,(H,30,36)(H,31,32,38)/b33-21-/t17-,18+/m0/s1. The highest BCUT2D eigenvalue weighted by Crippen LogP contribution is 2.38. The molecule has 1 aromatic heterocycles. The number of hydrogen-bond acceptors (Lipinski definition) is 11. The minimum Gasteiger partial charge on any atom is -0.458 e. The molecule has 2 fully saturated rings. The normalized spacial score (nSPS) is 19.2. The molecule has 14 nitrogen and oxygen atoms in total. The summed E-state index contributed by atoms with van der Waals surface area (Å²) in [6, 6.07) is 8.67. The number of Topliss-reactive ketones (excluding diaryl/α,β-unsaturated/α-hetero) is 1. The molecule has 1 aliphatic carbocycles. The third-order valence-electron chi connectivity index (χ3n) is 6.57. The van der Waals surface area contributed by atoms with Crippen LogP contribution in [0.25, 0.3) is 10.4 Å². The van der Waals surface area contributed by atoms with Crippen LogP contribution in [0.3, 0.4) is 0 Å². The van der Waals surface area contributed by atoms with Crippen LogP contribution in [0.5, 0.6) is 0 Å². The number of rotatable bonds is 12. The van der Waals surface area contributed by atoms with Crippen molar-refractivity contribution in [2.75, 3.05) is 11.9 Å². The molecular formula is C27H31N7O7S. The number of hydrogen-bond donors (Lipinski definition) is 2. The Hall–Kier alpha value is -4.49. The van der Waals surface area contributed by atoms with Gasteiger partial charge in [0.25, 0.3) is 0 Å². The highest BCUT2D eigenvalue weighted by molar-refractivity contribution is 7.14. The summed E-state index contributed by atoms with van der Waals surface area (Å²) in [6.07, 6.45) is 0.382. The van der Waals surface area contributed by atoms with E-state index in [9.17, 15) is 19.2 Å². The van der Waals surface area contributed by atoms with E-state index in [1.807, 2.05) is 30.3 Å². The fraction of sp³-hybridized carbons (Fsp3) is 0.481. The fourth-order valence-corrected chi connectivity index (χ4v) is 4.88. The molecule has 1 saturated carbocycles. The number of azide groups is 1. The number of ketones is 1. The molecule has 2 N–H and O–H groups in total. The summed E-state index contributed by atoms with van der Waals surface area (Å²) in [6.45, 7) is 5.18. The number of nitrogens with zero attached hydrogens (tertiary/aromatic N) is 5. The van der Waals surface area contributed by atoms with Gasteiger partial charge in [-0.25, -0.2) is 14.6 Å². The van der Waals surface area contributed by atoms with Gasteiger partial charge < -0.3 is 19.6 Å². The van der Waals surface area contributed by atoms with E-state index in [1.165, 1.54) is 5.38 Å². The van der Waals surface area contributed by atoms with Crippen molar-refractivity contribution in [3.05, 3.63) is 57.4 Å². The Kier molecular flexibility index (Phi) is 9.43. The zero-order chi connectivity index (χ0) is 30.3. The second-order valence-corrected chi connectivity index (χ2v) is 11.7. The van der Waals surface area contributed by atoms with Gasteiger partial charge >= 0.3 is 12.1 Å². The van der Waals surface area contributed by atoms with E-state index in [2.05, 4.69) is 30.8 Å². The van der Waals surface area contributed by atoms with Crippen molar-refractivity contribution in [2.24, 2.45) is 16.2 Å². The van der Waals surface area contributed by atoms with Crippen LogP contribution in [0.1, 0.15) is 57.7 Å². The largest absolute Gasteiger partial charge is 0.458 e. The SMILES string of the molecule is CC(C)(C)OC(=O)Nc1nc(/C(=N/OC2(C(=O)OCc3ccccc3)CCC2)C(=O)C[C@@H]2C(=O)N[C@@H]2CN=[N+]=[N-])cs1. The van der Waals surface area contributed by atoms with Crippen molar-refractivity contribution >= 4 is 45.9 Å². The maximum atomic E-state index is 13.5. The number of carbonyl (C=O) groups is 4. The lowest BCUT2D eigenvalue weighted by atomic mass is 9.80. The molecule has 15 heteroatoms. The molecule has 2 aliphatic rings. The van der Waals surface area contributed by atoms with Crippen LogP contribution in [-0.4, -0.2) is 58.2 Å². The lowest BCUT2D eigenvalue weighted by Crippen LogP contribution is -2.60. The summed E-state index contributed by atoms with van der Waals surface area (Å²) in [4.78, 5) is 63.6. The van der Waals surface area contributed by atoms with Crippen LogP contribution in [0, 0.1) is 5.92 Å². The summed E-state index contributed by atoms with van der Waals surface area (Å²) < 4.78 is 10.7. The van der Waals surface area contributed by atoms with Crippen molar-refractivity contribution in [3.8, 4) is 0 Å². The first kappa shape index (κ1) is 30.5. The second-order valence-electron chi connectivity index (χ2n) is 10.9. The van der Waals surface area contributed by atoms with E-state index >= 15 is 0 Å². The monoisotopic (exact) mass is 597 g/mol. The van der Waals surface area contributed by atoms with Crippen LogP contribution in [0.2, 0.25) is 0 Å². The second kappa shape index (κ2) is 13.0. The minimum atomic E-state index is -1.37. The van der Waals surface area contributed by atoms with E-state index in [0.717, 1.165) is 16.9 Å². The Morgan fingerprint density at radius 2 is 1.98 bits per heavy atom. The average Bonchev–Trinajstić information content (AvgIpc) is 3.36. The van der Waals surface area contributed by atoms with Crippen LogP contribution in [0.4, 0.5) is 9.93 Å². The van der Waals surface area contributed by atoms with Gasteiger partial charge in [0.2, 0.25) is 11.5 Å². The van der Waals surface area contributed by atoms with Gasteiger partial charge in [-0.1, -0.05) is 40.6 Å². The number of esters is 1. The molecule has 2 amide bonds. The van der Waals surface area contributed by atoms with Gasteiger partial charge in [0, 0.05) is 42.1 Å². The van der Waals surface area contributed by atoms with E-state index in [1.54, 1.807) is 20.8 Å². The molecule has 2 atom stereocenters. The molecule has 0 unspecified atom stereocenters. The van der Waals surface area contributed by atoms with Gasteiger partial charge in [-0.3, -0.25) is 14.9 Å². The number of amides is 2. The van der Waals surface area contributed by atoms with Crippen molar-refractivity contribution in [2.45, 2.75) is 70.3 Å². The lowest BCUT2D eigenvalue weighted by Gasteiger charge is -2.36. The van der Waals surface area contributed by atoms with Crippen molar-refractivity contribution in [1.29, 1.82) is 0 Å². The topological polar surface area (TPSA) is 194 Å². The highest BCUT2D eigenvalue weighted by atomic mass is 32.1. The number of anilines is 1.